The van der Waals surface area contributed by atoms with Crippen LogP contribution in [0.1, 0.15) is 23.7 Å². The van der Waals surface area contributed by atoms with Gasteiger partial charge in [-0.15, -0.1) is 0 Å². The fourth-order valence-electron chi connectivity index (χ4n) is 1.29. The average molecular weight is 254 g/mol. The molecule has 0 aliphatic carbocycles. The second-order valence-corrected chi connectivity index (χ2v) is 3.90. The van der Waals surface area contributed by atoms with E-state index < -0.39 is 29.2 Å². The molecule has 1 aromatic rings. The first-order valence-electron chi connectivity index (χ1n) is 5.34. The number of nitrogens with one attached hydrogen (secondary N) is 2. The molecule has 0 aliphatic rings. The van der Waals surface area contributed by atoms with Crippen LogP contribution in [0.3, 0.4) is 0 Å². The Hall–Kier alpha value is -2.31. The molecule has 0 fully saturated rings. The van der Waals surface area contributed by atoms with Crippen molar-refractivity contribution in [2.45, 2.75) is 13.3 Å². The second-order valence-electron chi connectivity index (χ2n) is 3.90. The number of carboxylic acids is 1. The van der Waals surface area contributed by atoms with Gasteiger partial charge in [-0.25, -0.2) is 0 Å². The largest absolute Gasteiger partial charge is 0.494 e. The molecule has 0 aliphatic heterocycles. The summed E-state index contributed by atoms with van der Waals surface area (Å²) in [5, 5.41) is 20.2. The molecule has 1 unspecified atom stereocenters. The standard InChI is InChI=1S/C11H14N2O5/c1-6(11(17)18)2-3-12-10(16)7-4-8(14)13-9(15)5-7/h4-6H,2-3H2,1H3,(H,12,16)(H,17,18)(H2,13,14,15). The molecule has 1 rings (SSSR count). The molecule has 1 heterocycles. The summed E-state index contributed by atoms with van der Waals surface area (Å²) in [6.45, 7) is 1.72. The van der Waals surface area contributed by atoms with Crippen molar-refractivity contribution in [2.24, 2.45) is 5.92 Å². The Morgan fingerprint density at radius 2 is 2.11 bits per heavy atom. The van der Waals surface area contributed by atoms with Crippen LogP contribution in [0.5, 0.6) is 5.88 Å². The van der Waals surface area contributed by atoms with Gasteiger partial charge in [-0.3, -0.25) is 19.4 Å². The van der Waals surface area contributed by atoms with Gasteiger partial charge in [-0.2, -0.15) is 0 Å². The van der Waals surface area contributed by atoms with Gasteiger partial charge in [0.2, 0.25) is 0 Å². The zero-order valence-electron chi connectivity index (χ0n) is 9.77. The van der Waals surface area contributed by atoms with Gasteiger partial charge in [0.15, 0.2) is 5.88 Å². The lowest BCUT2D eigenvalue weighted by Gasteiger charge is -2.07. The van der Waals surface area contributed by atoms with Crippen LogP contribution in [0.15, 0.2) is 16.9 Å². The first kappa shape index (κ1) is 13.8. The molecule has 0 saturated carbocycles. The van der Waals surface area contributed by atoms with Crippen LogP contribution in [0.2, 0.25) is 0 Å². The highest BCUT2D eigenvalue weighted by atomic mass is 16.4. The predicted molar refractivity (Wildman–Crippen MR) is 62.5 cm³/mol. The van der Waals surface area contributed by atoms with E-state index in [4.69, 9.17) is 10.2 Å². The number of aliphatic carboxylic acids is 1. The molecule has 0 radical (unpaired) electrons. The molecule has 0 bridgehead atoms. The van der Waals surface area contributed by atoms with Crippen molar-refractivity contribution in [3.63, 3.8) is 0 Å². The van der Waals surface area contributed by atoms with E-state index in [0.29, 0.717) is 0 Å². The van der Waals surface area contributed by atoms with Crippen LogP contribution >= 0.6 is 0 Å². The molecule has 0 spiro atoms. The van der Waals surface area contributed by atoms with E-state index in [1.165, 1.54) is 6.92 Å². The third-order valence-corrected chi connectivity index (χ3v) is 2.38. The first-order chi connectivity index (χ1) is 8.40. The number of aromatic nitrogens is 1. The zero-order valence-corrected chi connectivity index (χ0v) is 9.77. The van der Waals surface area contributed by atoms with Gasteiger partial charge in [0.25, 0.3) is 11.5 Å². The highest BCUT2D eigenvalue weighted by Gasteiger charge is 2.12. The highest BCUT2D eigenvalue weighted by molar-refractivity contribution is 5.94. The van der Waals surface area contributed by atoms with Gasteiger partial charge in [0, 0.05) is 18.7 Å². The Kier molecular flexibility index (Phi) is 4.47. The van der Waals surface area contributed by atoms with Crippen LogP contribution in [-0.2, 0) is 4.79 Å². The molecule has 7 nitrogen and oxygen atoms in total. The summed E-state index contributed by atoms with van der Waals surface area (Å²) in [6, 6.07) is 2.17. The number of carbonyl (C=O) groups excluding carboxylic acids is 1. The van der Waals surface area contributed by atoms with Crippen LogP contribution < -0.4 is 10.9 Å². The lowest BCUT2D eigenvalue weighted by Crippen LogP contribution is -2.27. The van der Waals surface area contributed by atoms with Crippen molar-refractivity contribution in [3.8, 4) is 5.88 Å². The maximum Gasteiger partial charge on any atom is 0.306 e. The van der Waals surface area contributed by atoms with E-state index in [0.717, 1.165) is 12.1 Å². The number of amides is 1. The number of aromatic hydroxyl groups is 1. The van der Waals surface area contributed by atoms with Crippen molar-refractivity contribution in [2.75, 3.05) is 6.54 Å². The number of aromatic amines is 1. The molecule has 98 valence electrons. The normalized spacial score (nSPS) is 11.8. The summed E-state index contributed by atoms with van der Waals surface area (Å²) >= 11 is 0. The number of hydrogen-bond acceptors (Lipinski definition) is 4. The number of pyridine rings is 1. The number of H-pyrrole nitrogens is 1. The van der Waals surface area contributed by atoms with Crippen molar-refractivity contribution >= 4 is 11.9 Å². The third kappa shape index (κ3) is 3.93. The van der Waals surface area contributed by atoms with Crippen LogP contribution in [0, 0.1) is 5.92 Å². The summed E-state index contributed by atoms with van der Waals surface area (Å²) in [5.41, 5.74) is -0.557. The summed E-state index contributed by atoms with van der Waals surface area (Å²) in [6.07, 6.45) is 0.288. The van der Waals surface area contributed by atoms with E-state index in [1.54, 1.807) is 0 Å². The number of hydrogen-bond donors (Lipinski definition) is 4. The van der Waals surface area contributed by atoms with Crippen molar-refractivity contribution in [3.05, 3.63) is 28.0 Å². The summed E-state index contributed by atoms with van der Waals surface area (Å²) < 4.78 is 0. The fourth-order valence-corrected chi connectivity index (χ4v) is 1.29. The minimum Gasteiger partial charge on any atom is -0.494 e. The maximum absolute atomic E-state index is 11.6. The molecule has 4 N–H and O–H groups in total. The fraction of sp³-hybridized carbons (Fsp3) is 0.364. The molecular formula is C11H14N2O5. The number of carboxylic acid groups (broad SMARTS) is 1. The predicted octanol–water partition coefficient (Wildman–Crippen LogP) is -0.0789. The first-order valence-corrected chi connectivity index (χ1v) is 5.34. The van der Waals surface area contributed by atoms with Gasteiger partial charge in [0.05, 0.1) is 11.5 Å². The Morgan fingerprint density at radius 3 is 2.67 bits per heavy atom. The van der Waals surface area contributed by atoms with E-state index in [2.05, 4.69) is 10.3 Å². The third-order valence-electron chi connectivity index (χ3n) is 2.38. The number of carbonyl (C=O) groups is 2. The molecule has 1 atom stereocenters. The smallest absolute Gasteiger partial charge is 0.306 e. The lowest BCUT2D eigenvalue weighted by atomic mass is 10.1. The van der Waals surface area contributed by atoms with Gasteiger partial charge < -0.3 is 15.5 Å². The molecule has 7 heteroatoms. The SMILES string of the molecule is CC(CCNC(=O)c1cc(O)[nH]c(=O)c1)C(=O)O. The summed E-state index contributed by atoms with van der Waals surface area (Å²) in [4.78, 5) is 35.2. The Balaban J connectivity index is 2.55. The summed E-state index contributed by atoms with van der Waals surface area (Å²) in [5.74, 6) is -2.42. The van der Waals surface area contributed by atoms with E-state index in [1.807, 2.05) is 0 Å². The van der Waals surface area contributed by atoms with E-state index >= 15 is 0 Å². The van der Waals surface area contributed by atoms with Crippen molar-refractivity contribution in [1.82, 2.24) is 10.3 Å². The summed E-state index contributed by atoms with van der Waals surface area (Å²) in [7, 11) is 0. The van der Waals surface area contributed by atoms with Gasteiger partial charge >= 0.3 is 5.97 Å². The molecule has 0 aromatic carbocycles. The Labute approximate surface area is 102 Å². The molecule has 1 aromatic heterocycles. The van der Waals surface area contributed by atoms with E-state index in [-0.39, 0.29) is 18.5 Å². The number of rotatable bonds is 5. The van der Waals surface area contributed by atoms with Crippen molar-refractivity contribution in [1.29, 1.82) is 0 Å². The quantitative estimate of drug-likeness (QED) is 0.586. The van der Waals surface area contributed by atoms with Crippen LogP contribution in [-0.4, -0.2) is 33.6 Å². The molecule has 18 heavy (non-hydrogen) atoms. The van der Waals surface area contributed by atoms with Crippen molar-refractivity contribution < 1.29 is 19.8 Å². The lowest BCUT2D eigenvalue weighted by molar-refractivity contribution is -0.141. The van der Waals surface area contributed by atoms with Crippen LogP contribution in [0.25, 0.3) is 0 Å². The van der Waals surface area contributed by atoms with Gasteiger partial charge in [0.1, 0.15) is 0 Å². The van der Waals surface area contributed by atoms with E-state index in [9.17, 15) is 14.4 Å². The minimum atomic E-state index is -0.932. The maximum atomic E-state index is 11.6. The zero-order chi connectivity index (χ0) is 13.7. The van der Waals surface area contributed by atoms with Gasteiger partial charge in [-0.05, 0) is 6.42 Å². The second kappa shape index (κ2) is 5.85. The Bertz CT molecular complexity index is 508. The highest BCUT2D eigenvalue weighted by Crippen LogP contribution is 2.04. The topological polar surface area (TPSA) is 119 Å². The van der Waals surface area contributed by atoms with Gasteiger partial charge in [-0.1, -0.05) is 6.92 Å². The monoisotopic (exact) mass is 254 g/mol. The molecule has 0 saturated heterocycles. The molecule has 1 amide bonds. The van der Waals surface area contributed by atoms with Crippen LogP contribution in [0.4, 0.5) is 0 Å². The minimum absolute atomic E-state index is 0.0271. The Morgan fingerprint density at radius 1 is 1.44 bits per heavy atom. The average Bonchev–Trinajstić information content (AvgIpc) is 2.27. The molecular weight excluding hydrogens is 240 g/mol.